The number of phenolic OH excluding ortho intramolecular Hbond substituents is 2. The van der Waals surface area contributed by atoms with Gasteiger partial charge in [0.05, 0.1) is 0 Å². The van der Waals surface area contributed by atoms with E-state index in [-0.39, 0.29) is 16.9 Å². The summed E-state index contributed by atoms with van der Waals surface area (Å²) in [6.45, 7) is 0. The normalized spacial score (nSPS) is 24.1. The lowest BCUT2D eigenvalue weighted by Crippen LogP contribution is -2.56. The quantitative estimate of drug-likeness (QED) is 0.190. The van der Waals surface area contributed by atoms with Crippen LogP contribution in [0.25, 0.3) is 0 Å². The predicted octanol–water partition coefficient (Wildman–Crippen LogP) is 7.59. The fraction of sp³-hybridized carbons (Fsp3) is 0.294. The highest BCUT2D eigenvalue weighted by atomic mass is 16.5. The fourth-order valence-electron chi connectivity index (χ4n) is 8.23. The molecular weight excluding hydrogens is 500 g/mol. The maximum absolute atomic E-state index is 10.1. The van der Waals surface area contributed by atoms with Crippen LogP contribution in [0, 0.1) is 23.7 Å². The zero-order chi connectivity index (χ0) is 27.4. The Morgan fingerprint density at radius 1 is 0.575 bits per heavy atom. The third-order valence-electron chi connectivity index (χ3n) is 9.42. The molecule has 6 nitrogen and oxygen atoms in total. The summed E-state index contributed by atoms with van der Waals surface area (Å²) < 4.78 is 13.1. The number of benzene rings is 4. The third-order valence-corrected chi connectivity index (χ3v) is 9.42. The Morgan fingerprint density at radius 2 is 1.02 bits per heavy atom. The van der Waals surface area contributed by atoms with Crippen molar-refractivity contribution >= 4 is 11.4 Å². The van der Waals surface area contributed by atoms with Gasteiger partial charge in [0.2, 0.25) is 0 Å². The Hall–Kier alpha value is -4.32. The first-order chi connectivity index (χ1) is 19.4. The van der Waals surface area contributed by atoms with Crippen molar-refractivity contribution in [2.24, 2.45) is 23.7 Å². The van der Waals surface area contributed by atoms with Gasteiger partial charge in [0.15, 0.2) is 0 Å². The van der Waals surface area contributed by atoms with E-state index in [1.807, 2.05) is 36.4 Å². The lowest BCUT2D eigenvalue weighted by atomic mass is 9.42. The summed E-state index contributed by atoms with van der Waals surface area (Å²) in [6.07, 6.45) is 5.93. The molecule has 0 amide bonds. The van der Waals surface area contributed by atoms with Crippen molar-refractivity contribution in [2.75, 3.05) is 11.5 Å². The summed E-state index contributed by atoms with van der Waals surface area (Å²) in [5.74, 6) is 5.06. The number of hydrogen-bond donors (Lipinski definition) is 4. The largest absolute Gasteiger partial charge is 0.508 e. The van der Waals surface area contributed by atoms with Gasteiger partial charge in [-0.15, -0.1) is 0 Å². The van der Waals surface area contributed by atoms with E-state index in [0.717, 1.165) is 48.6 Å². The van der Waals surface area contributed by atoms with E-state index < -0.39 is 0 Å². The number of aromatic hydroxyl groups is 2. The molecule has 0 aromatic heterocycles. The summed E-state index contributed by atoms with van der Waals surface area (Å²) in [4.78, 5) is 0. The first-order valence-electron chi connectivity index (χ1n) is 14.1. The topological polar surface area (TPSA) is 111 Å². The van der Waals surface area contributed by atoms with E-state index in [1.54, 1.807) is 36.4 Å². The first-order valence-corrected chi connectivity index (χ1v) is 14.1. The van der Waals surface area contributed by atoms with Crippen molar-refractivity contribution in [3.05, 3.63) is 96.1 Å². The summed E-state index contributed by atoms with van der Waals surface area (Å²) in [7, 11) is 0. The number of rotatable bonds is 6. The van der Waals surface area contributed by atoms with E-state index in [4.69, 9.17) is 20.9 Å². The zero-order valence-electron chi connectivity index (χ0n) is 22.3. The standard InChI is InChI=1S/C34H34N2O4/c35-24-7-9-30(32(16-24)39-28-5-1-3-26(37)18-28)34(22-12-20-11-21(14-22)15-23(34)13-20)31-10-8-25(36)17-33(31)40-29-6-2-4-27(38)19-29/h1-10,16-23,37-38H,11-15,35-36H2. The SMILES string of the molecule is Nc1ccc(C2(c3ccc(N)cc3Oc3cccc(O)c3)C3CC4CC(C3)CC2C4)c(Oc2cccc(O)c2)c1. The highest BCUT2D eigenvalue weighted by molar-refractivity contribution is 5.62. The minimum absolute atomic E-state index is 0.146. The van der Waals surface area contributed by atoms with Gasteiger partial charge < -0.3 is 31.2 Å². The number of anilines is 2. The second kappa shape index (κ2) is 9.40. The zero-order valence-corrected chi connectivity index (χ0v) is 22.3. The van der Waals surface area contributed by atoms with Crippen molar-refractivity contribution in [1.29, 1.82) is 0 Å². The maximum Gasteiger partial charge on any atom is 0.133 e. The molecule has 0 radical (unpaired) electrons. The monoisotopic (exact) mass is 534 g/mol. The van der Waals surface area contributed by atoms with Crippen molar-refractivity contribution in [3.63, 3.8) is 0 Å². The molecule has 0 spiro atoms. The molecule has 6 N–H and O–H groups in total. The van der Waals surface area contributed by atoms with Gasteiger partial charge in [-0.3, -0.25) is 0 Å². The number of nitrogens with two attached hydrogens (primary N) is 2. The average molecular weight is 535 g/mol. The van der Waals surface area contributed by atoms with E-state index in [1.165, 1.54) is 6.42 Å². The van der Waals surface area contributed by atoms with Gasteiger partial charge in [0.1, 0.15) is 34.5 Å². The van der Waals surface area contributed by atoms with E-state index in [2.05, 4.69) is 12.1 Å². The second-order valence-corrected chi connectivity index (χ2v) is 11.9. The highest BCUT2D eigenvalue weighted by Crippen LogP contribution is 2.67. The van der Waals surface area contributed by atoms with Gasteiger partial charge in [0.25, 0.3) is 0 Å². The molecular formula is C34H34N2O4. The van der Waals surface area contributed by atoms with Gasteiger partial charge in [-0.05, 0) is 92.2 Å². The number of phenols is 2. The van der Waals surface area contributed by atoms with E-state index in [0.29, 0.717) is 46.2 Å². The molecule has 4 fully saturated rings. The fourth-order valence-corrected chi connectivity index (χ4v) is 8.23. The van der Waals surface area contributed by atoms with Crippen molar-refractivity contribution in [1.82, 2.24) is 0 Å². The summed E-state index contributed by atoms with van der Waals surface area (Å²) in [5, 5.41) is 20.3. The van der Waals surface area contributed by atoms with Crippen LogP contribution in [-0.4, -0.2) is 10.2 Å². The van der Waals surface area contributed by atoms with Crippen LogP contribution in [0.3, 0.4) is 0 Å². The average Bonchev–Trinajstić information content (AvgIpc) is 2.90. The lowest BCUT2D eigenvalue weighted by Gasteiger charge is -2.62. The first kappa shape index (κ1) is 24.7. The summed E-state index contributed by atoms with van der Waals surface area (Å²) >= 11 is 0. The van der Waals surface area contributed by atoms with Gasteiger partial charge in [-0.2, -0.15) is 0 Å². The molecule has 204 valence electrons. The van der Waals surface area contributed by atoms with E-state index in [9.17, 15) is 10.2 Å². The lowest BCUT2D eigenvalue weighted by molar-refractivity contribution is -0.0431. The molecule has 4 aliphatic rings. The molecule has 4 aromatic carbocycles. The Balaban J connectivity index is 1.44. The Morgan fingerprint density at radius 3 is 1.45 bits per heavy atom. The molecule has 0 aliphatic heterocycles. The predicted molar refractivity (Wildman–Crippen MR) is 156 cm³/mol. The van der Waals surface area contributed by atoms with E-state index >= 15 is 0 Å². The van der Waals surface area contributed by atoms with Crippen molar-refractivity contribution in [3.8, 4) is 34.5 Å². The van der Waals surface area contributed by atoms with Crippen molar-refractivity contribution < 1.29 is 19.7 Å². The van der Waals surface area contributed by atoms with Crippen LogP contribution in [-0.2, 0) is 5.41 Å². The molecule has 0 unspecified atom stereocenters. The van der Waals surface area contributed by atoms with Gasteiger partial charge in [-0.1, -0.05) is 24.3 Å². The molecule has 4 bridgehead atoms. The van der Waals surface area contributed by atoms with Crippen LogP contribution < -0.4 is 20.9 Å². The molecule has 0 saturated heterocycles. The highest BCUT2D eigenvalue weighted by Gasteiger charge is 2.60. The number of nitrogen functional groups attached to an aromatic ring is 2. The minimum atomic E-state index is -0.382. The maximum atomic E-state index is 10.1. The Kier molecular flexibility index (Phi) is 5.81. The summed E-state index contributed by atoms with van der Waals surface area (Å²) in [5.41, 5.74) is 15.7. The van der Waals surface area contributed by atoms with Gasteiger partial charge in [-0.25, -0.2) is 0 Å². The smallest absolute Gasteiger partial charge is 0.133 e. The molecule has 4 aromatic rings. The van der Waals surface area contributed by atoms with Crippen molar-refractivity contribution in [2.45, 2.75) is 37.5 Å². The van der Waals surface area contributed by atoms with Crippen LogP contribution in [0.2, 0.25) is 0 Å². The van der Waals surface area contributed by atoms with Crippen LogP contribution >= 0.6 is 0 Å². The van der Waals surface area contributed by atoms with Crippen LogP contribution in [0.15, 0.2) is 84.9 Å². The summed E-state index contributed by atoms with van der Waals surface area (Å²) in [6, 6.07) is 25.7. The number of hydrogen-bond acceptors (Lipinski definition) is 6. The minimum Gasteiger partial charge on any atom is -0.508 e. The van der Waals surface area contributed by atoms with Crippen LogP contribution in [0.4, 0.5) is 11.4 Å². The molecule has 4 saturated carbocycles. The Labute approximate surface area is 234 Å². The molecule has 8 rings (SSSR count). The number of ether oxygens (including phenoxy) is 2. The van der Waals surface area contributed by atoms with Gasteiger partial charge in [0, 0.05) is 52.2 Å². The molecule has 6 heteroatoms. The molecule has 0 atom stereocenters. The molecule has 4 aliphatic carbocycles. The van der Waals surface area contributed by atoms with Crippen LogP contribution in [0.1, 0.15) is 43.2 Å². The Bertz CT molecular complexity index is 1460. The third kappa shape index (κ3) is 4.10. The van der Waals surface area contributed by atoms with Gasteiger partial charge >= 0.3 is 0 Å². The molecule has 0 heterocycles. The van der Waals surface area contributed by atoms with Crippen LogP contribution in [0.5, 0.6) is 34.5 Å². The molecule has 40 heavy (non-hydrogen) atoms. The second-order valence-electron chi connectivity index (χ2n) is 11.9.